The van der Waals surface area contributed by atoms with E-state index in [0.29, 0.717) is 24.8 Å². The molecule has 0 unspecified atom stereocenters. The maximum atomic E-state index is 12.4. The average molecular weight is 425 g/mol. The highest BCUT2D eigenvalue weighted by atomic mass is 16.6. The van der Waals surface area contributed by atoms with Crippen LogP contribution in [0.3, 0.4) is 0 Å². The molecule has 0 radical (unpaired) electrons. The molecule has 1 N–H and O–H groups in total. The topological polar surface area (TPSA) is 91.3 Å². The Morgan fingerprint density at radius 3 is 2.57 bits per heavy atom. The van der Waals surface area contributed by atoms with Crippen molar-refractivity contribution in [1.82, 2.24) is 0 Å². The van der Waals surface area contributed by atoms with E-state index in [0.717, 1.165) is 19.3 Å². The molecule has 7 heteroatoms. The van der Waals surface area contributed by atoms with Gasteiger partial charge in [-0.05, 0) is 51.9 Å². The lowest BCUT2D eigenvalue weighted by molar-refractivity contribution is -0.229. The summed E-state index contributed by atoms with van der Waals surface area (Å²) in [6, 6.07) is 0. The zero-order valence-electron chi connectivity index (χ0n) is 18.8. The minimum absolute atomic E-state index is 0.0371. The summed E-state index contributed by atoms with van der Waals surface area (Å²) in [7, 11) is 1.66. The van der Waals surface area contributed by atoms with E-state index < -0.39 is 35.3 Å². The van der Waals surface area contributed by atoms with Crippen molar-refractivity contribution in [3.8, 4) is 0 Å². The Bertz CT molecular complexity index is 687. The van der Waals surface area contributed by atoms with E-state index in [1.165, 1.54) is 6.92 Å². The number of hydrogen-bond acceptors (Lipinski definition) is 7. The molecule has 0 saturated carbocycles. The van der Waals surface area contributed by atoms with Crippen LogP contribution in [0.15, 0.2) is 12.2 Å². The molecule has 3 saturated heterocycles. The highest BCUT2D eigenvalue weighted by Gasteiger charge is 2.52. The van der Waals surface area contributed by atoms with Crippen LogP contribution in [0.2, 0.25) is 0 Å². The Kier molecular flexibility index (Phi) is 6.65. The molecular formula is C23H36O7. The van der Waals surface area contributed by atoms with E-state index in [-0.39, 0.29) is 24.0 Å². The summed E-state index contributed by atoms with van der Waals surface area (Å²) in [6.07, 6.45) is 2.07. The Hall–Kier alpha value is -1.44. The van der Waals surface area contributed by atoms with E-state index in [1.807, 2.05) is 20.8 Å². The van der Waals surface area contributed by atoms with Crippen molar-refractivity contribution in [3.05, 3.63) is 12.2 Å². The number of fused-ring (bicyclic) bond motifs is 3. The van der Waals surface area contributed by atoms with E-state index >= 15 is 0 Å². The van der Waals surface area contributed by atoms with Crippen LogP contribution in [0.5, 0.6) is 0 Å². The molecule has 0 aromatic rings. The van der Waals surface area contributed by atoms with Crippen LogP contribution in [0.4, 0.5) is 0 Å². The smallest absolute Gasteiger partial charge is 0.334 e. The molecular weight excluding hydrogens is 388 g/mol. The zero-order chi connectivity index (χ0) is 22.3. The first kappa shape index (κ1) is 23.2. The second kappa shape index (κ2) is 8.60. The molecule has 30 heavy (non-hydrogen) atoms. The lowest BCUT2D eigenvalue weighted by Crippen LogP contribution is -2.56. The van der Waals surface area contributed by atoms with Gasteiger partial charge in [0.05, 0.1) is 23.4 Å². The minimum atomic E-state index is -0.971. The van der Waals surface area contributed by atoms with Crippen molar-refractivity contribution in [2.75, 3.05) is 7.11 Å². The first-order valence-electron chi connectivity index (χ1n) is 11.0. The van der Waals surface area contributed by atoms with Crippen molar-refractivity contribution < 1.29 is 33.6 Å². The van der Waals surface area contributed by atoms with E-state index in [2.05, 4.69) is 6.58 Å². The number of methoxy groups -OCH3 is 1. The van der Waals surface area contributed by atoms with Crippen molar-refractivity contribution in [1.29, 1.82) is 0 Å². The SMILES string of the molecule is C=C1C(=O)O[C@H]2[C@H](OC(C)=O)[C@@H](C)CCC[C@](C)(O)[C@H]3CC[C@@](C)(OC)[C@@H](C[C@@H]12)O3. The van der Waals surface area contributed by atoms with Gasteiger partial charge in [-0.15, -0.1) is 0 Å². The zero-order valence-corrected chi connectivity index (χ0v) is 18.8. The van der Waals surface area contributed by atoms with Crippen LogP contribution in [-0.2, 0) is 28.5 Å². The molecule has 0 aromatic heterocycles. The molecule has 8 atom stereocenters. The van der Waals surface area contributed by atoms with Gasteiger partial charge in [-0.25, -0.2) is 4.79 Å². The number of esters is 2. The van der Waals surface area contributed by atoms with E-state index in [4.69, 9.17) is 18.9 Å². The first-order chi connectivity index (χ1) is 14.0. The van der Waals surface area contributed by atoms with Crippen LogP contribution in [0.25, 0.3) is 0 Å². The fourth-order valence-corrected chi connectivity index (χ4v) is 5.22. The molecule has 170 valence electrons. The monoisotopic (exact) mass is 424 g/mol. The second-order valence-corrected chi connectivity index (χ2v) is 9.71. The lowest BCUT2D eigenvalue weighted by Gasteiger charge is -2.48. The summed E-state index contributed by atoms with van der Waals surface area (Å²) in [5.74, 6) is -1.26. The fourth-order valence-electron chi connectivity index (χ4n) is 5.22. The molecule has 0 amide bonds. The number of rotatable bonds is 2. The van der Waals surface area contributed by atoms with Gasteiger partial charge in [0.15, 0.2) is 0 Å². The summed E-state index contributed by atoms with van der Waals surface area (Å²) in [6.45, 7) is 11.2. The normalized spacial score (nSPS) is 45.0. The summed E-state index contributed by atoms with van der Waals surface area (Å²) < 4.78 is 23.6. The van der Waals surface area contributed by atoms with Gasteiger partial charge in [0.25, 0.3) is 0 Å². The highest BCUT2D eigenvalue weighted by Crippen LogP contribution is 2.44. The van der Waals surface area contributed by atoms with Crippen LogP contribution < -0.4 is 0 Å². The summed E-state index contributed by atoms with van der Waals surface area (Å²) in [4.78, 5) is 24.3. The third-order valence-electron chi connectivity index (χ3n) is 7.42. The molecule has 0 aliphatic carbocycles. The summed E-state index contributed by atoms with van der Waals surface area (Å²) in [5, 5.41) is 11.1. The van der Waals surface area contributed by atoms with Gasteiger partial charge in [-0.2, -0.15) is 0 Å². The molecule has 0 spiro atoms. The second-order valence-electron chi connectivity index (χ2n) is 9.71. The number of hydrogen-bond donors (Lipinski definition) is 1. The Labute approximate surface area is 179 Å². The molecule has 7 nitrogen and oxygen atoms in total. The van der Waals surface area contributed by atoms with Crippen LogP contribution in [-0.4, -0.2) is 59.8 Å². The number of carbonyl (C=O) groups excluding carboxylic acids is 2. The standard InChI is InChI=1S/C23H36O7/c1-13-8-7-10-22(4,26)17-9-11-23(5,27-6)18(29-17)12-16-14(2)21(25)30-20(16)19(13)28-15(3)24/h13,16-20,26H,2,7-12H2,1,3-6H3/t13-,16-,17+,18+,19+,20+,22-,23+/m0/s1. The maximum absolute atomic E-state index is 12.4. The van der Waals surface area contributed by atoms with Crippen molar-refractivity contribution in [2.24, 2.45) is 11.8 Å². The van der Waals surface area contributed by atoms with E-state index in [9.17, 15) is 14.7 Å². The van der Waals surface area contributed by atoms with Gasteiger partial charge in [0.1, 0.15) is 12.2 Å². The molecule has 3 aliphatic rings. The largest absolute Gasteiger partial charge is 0.458 e. The Balaban J connectivity index is 2.00. The quantitative estimate of drug-likeness (QED) is 0.538. The summed E-state index contributed by atoms with van der Waals surface area (Å²) >= 11 is 0. The molecule has 2 bridgehead atoms. The van der Waals surface area contributed by atoms with Crippen molar-refractivity contribution in [2.45, 2.75) is 102 Å². The Morgan fingerprint density at radius 1 is 1.23 bits per heavy atom. The molecule has 3 heterocycles. The van der Waals surface area contributed by atoms with Gasteiger partial charge in [0, 0.05) is 25.5 Å². The molecule has 3 rings (SSSR count). The van der Waals surface area contributed by atoms with Gasteiger partial charge in [0.2, 0.25) is 0 Å². The summed E-state index contributed by atoms with van der Waals surface area (Å²) in [5.41, 5.74) is -1.16. The third kappa shape index (κ3) is 4.43. The van der Waals surface area contributed by atoms with E-state index in [1.54, 1.807) is 7.11 Å². The predicted octanol–water partition coefficient (Wildman–Crippen LogP) is 2.93. The Morgan fingerprint density at radius 2 is 1.93 bits per heavy atom. The molecule has 3 aliphatic heterocycles. The third-order valence-corrected chi connectivity index (χ3v) is 7.42. The first-order valence-corrected chi connectivity index (χ1v) is 11.0. The van der Waals surface area contributed by atoms with Crippen LogP contribution in [0.1, 0.15) is 66.2 Å². The molecule has 3 fully saturated rings. The molecule has 0 aromatic carbocycles. The van der Waals surface area contributed by atoms with Crippen LogP contribution >= 0.6 is 0 Å². The van der Waals surface area contributed by atoms with Crippen molar-refractivity contribution >= 4 is 11.9 Å². The fraction of sp³-hybridized carbons (Fsp3) is 0.826. The van der Waals surface area contributed by atoms with Gasteiger partial charge in [-0.3, -0.25) is 4.79 Å². The minimum Gasteiger partial charge on any atom is -0.458 e. The van der Waals surface area contributed by atoms with Gasteiger partial charge in [-0.1, -0.05) is 19.9 Å². The number of ether oxygens (including phenoxy) is 4. The van der Waals surface area contributed by atoms with Crippen LogP contribution in [0, 0.1) is 11.8 Å². The average Bonchev–Trinajstić information content (AvgIpc) is 2.94. The predicted molar refractivity (Wildman–Crippen MR) is 110 cm³/mol. The lowest BCUT2D eigenvalue weighted by atomic mass is 9.75. The number of carbonyl (C=O) groups is 2. The van der Waals surface area contributed by atoms with Gasteiger partial charge < -0.3 is 24.1 Å². The maximum Gasteiger partial charge on any atom is 0.334 e. The highest BCUT2D eigenvalue weighted by molar-refractivity contribution is 5.91. The van der Waals surface area contributed by atoms with Gasteiger partial charge >= 0.3 is 11.9 Å². The number of aliphatic hydroxyl groups is 1. The van der Waals surface area contributed by atoms with Crippen molar-refractivity contribution in [3.63, 3.8) is 0 Å².